The number of hydrogen-bond donors (Lipinski definition) is 2. The van der Waals surface area contributed by atoms with Gasteiger partial charge in [-0.3, -0.25) is 4.79 Å². The van der Waals surface area contributed by atoms with Gasteiger partial charge in [-0.05, 0) is 52.8 Å². The highest BCUT2D eigenvalue weighted by Crippen LogP contribution is 2.24. The van der Waals surface area contributed by atoms with E-state index in [1.807, 2.05) is 20.8 Å². The monoisotopic (exact) mass is 380 g/mol. The van der Waals surface area contributed by atoms with Crippen molar-refractivity contribution in [3.05, 3.63) is 24.0 Å². The third-order valence-corrected chi connectivity index (χ3v) is 5.56. The van der Waals surface area contributed by atoms with Crippen molar-refractivity contribution in [3.63, 3.8) is 0 Å². The van der Waals surface area contributed by atoms with Gasteiger partial charge in [0.05, 0.1) is 15.9 Å². The van der Waals surface area contributed by atoms with Crippen LogP contribution in [0.3, 0.4) is 0 Å². The van der Waals surface area contributed by atoms with Crippen LogP contribution in [0.1, 0.15) is 52.9 Å². The lowest BCUT2D eigenvalue weighted by atomic mass is 10.2. The molecule has 1 heterocycles. The van der Waals surface area contributed by atoms with Crippen LogP contribution in [0.5, 0.6) is 0 Å². The maximum absolute atomic E-state index is 12.4. The summed E-state index contributed by atoms with van der Waals surface area (Å²) in [5.74, 6) is 0.770. The predicted molar refractivity (Wildman–Crippen MR) is 103 cm³/mol. The van der Waals surface area contributed by atoms with E-state index in [0.29, 0.717) is 24.9 Å². The van der Waals surface area contributed by atoms with E-state index in [1.54, 1.807) is 32.0 Å². The number of hydrogen-bond acceptors (Lipinski definition) is 4. The van der Waals surface area contributed by atoms with Crippen LogP contribution in [0.15, 0.2) is 23.1 Å². The Hall–Kier alpha value is -1.93. The van der Waals surface area contributed by atoms with Crippen molar-refractivity contribution in [2.75, 3.05) is 6.54 Å². The smallest absolute Gasteiger partial charge is 0.240 e. The fourth-order valence-corrected chi connectivity index (χ4v) is 4.21. The molecule has 7 nitrogen and oxygen atoms in total. The summed E-state index contributed by atoms with van der Waals surface area (Å²) in [5.41, 5.74) is 1.49. The summed E-state index contributed by atoms with van der Waals surface area (Å²) in [6.45, 7) is 10.1. The molecule has 0 unspecified atom stereocenters. The van der Waals surface area contributed by atoms with E-state index in [2.05, 4.69) is 19.6 Å². The molecular weight excluding hydrogens is 352 g/mol. The van der Waals surface area contributed by atoms with Crippen LogP contribution < -0.4 is 10.0 Å². The molecule has 2 aromatic rings. The zero-order valence-corrected chi connectivity index (χ0v) is 16.9. The van der Waals surface area contributed by atoms with Gasteiger partial charge in [-0.1, -0.05) is 0 Å². The van der Waals surface area contributed by atoms with E-state index in [0.717, 1.165) is 11.3 Å². The summed E-state index contributed by atoms with van der Waals surface area (Å²) in [5, 5.41) is 2.78. The van der Waals surface area contributed by atoms with Crippen molar-refractivity contribution in [2.45, 2.75) is 64.4 Å². The summed E-state index contributed by atoms with van der Waals surface area (Å²) < 4.78 is 29.4. The molecule has 0 radical (unpaired) electrons. The zero-order chi connectivity index (χ0) is 19.5. The van der Waals surface area contributed by atoms with Gasteiger partial charge in [-0.15, -0.1) is 0 Å². The fraction of sp³-hybridized carbons (Fsp3) is 0.556. The lowest BCUT2D eigenvalue weighted by Crippen LogP contribution is -2.30. The Balaban J connectivity index is 2.42. The number of carbonyl (C=O) groups is 1. The SMILES string of the molecule is CCNC(=O)CCc1nc2cc(S(=O)(=O)NC(C)C)ccc2n1C(C)C. The highest BCUT2D eigenvalue weighted by molar-refractivity contribution is 7.89. The highest BCUT2D eigenvalue weighted by Gasteiger charge is 2.19. The maximum Gasteiger partial charge on any atom is 0.240 e. The van der Waals surface area contributed by atoms with Gasteiger partial charge >= 0.3 is 0 Å². The highest BCUT2D eigenvalue weighted by atomic mass is 32.2. The Bertz CT molecular complexity index is 885. The second-order valence-corrected chi connectivity index (χ2v) is 8.59. The lowest BCUT2D eigenvalue weighted by Gasteiger charge is -2.13. The predicted octanol–water partition coefficient (Wildman–Crippen LogP) is 2.37. The first-order chi connectivity index (χ1) is 12.2. The van der Waals surface area contributed by atoms with E-state index in [9.17, 15) is 13.2 Å². The minimum Gasteiger partial charge on any atom is -0.356 e. The maximum atomic E-state index is 12.4. The number of aryl methyl sites for hydroxylation is 1. The molecule has 0 fully saturated rings. The van der Waals surface area contributed by atoms with Crippen LogP contribution in [0.2, 0.25) is 0 Å². The van der Waals surface area contributed by atoms with E-state index in [-0.39, 0.29) is 22.9 Å². The molecule has 2 rings (SSSR count). The van der Waals surface area contributed by atoms with E-state index >= 15 is 0 Å². The first-order valence-corrected chi connectivity index (χ1v) is 10.4. The van der Waals surface area contributed by atoms with Gasteiger partial charge in [0.25, 0.3) is 0 Å². The summed E-state index contributed by atoms with van der Waals surface area (Å²) >= 11 is 0. The molecular formula is C18H28N4O3S. The third-order valence-electron chi connectivity index (χ3n) is 3.90. The Morgan fingerprint density at radius 3 is 2.50 bits per heavy atom. The number of carbonyl (C=O) groups excluding carboxylic acids is 1. The molecule has 8 heteroatoms. The Kier molecular flexibility index (Phi) is 6.41. The Morgan fingerprint density at radius 2 is 1.92 bits per heavy atom. The van der Waals surface area contributed by atoms with E-state index in [4.69, 9.17) is 0 Å². The molecule has 0 bridgehead atoms. The van der Waals surface area contributed by atoms with Crippen LogP contribution in [0, 0.1) is 0 Å². The largest absolute Gasteiger partial charge is 0.356 e. The Labute approximate surface area is 155 Å². The van der Waals surface area contributed by atoms with Gasteiger partial charge in [-0.2, -0.15) is 0 Å². The van der Waals surface area contributed by atoms with Gasteiger partial charge in [0.1, 0.15) is 5.82 Å². The lowest BCUT2D eigenvalue weighted by molar-refractivity contribution is -0.120. The van der Waals surface area contributed by atoms with Gasteiger partial charge in [0, 0.05) is 31.5 Å². The molecule has 0 saturated heterocycles. The first-order valence-electron chi connectivity index (χ1n) is 8.95. The third kappa shape index (κ3) is 4.62. The van der Waals surface area contributed by atoms with Gasteiger partial charge in [0.15, 0.2) is 0 Å². The normalized spacial score (nSPS) is 12.3. The molecule has 0 saturated carbocycles. The average molecular weight is 381 g/mol. The number of rotatable bonds is 8. The average Bonchev–Trinajstić information content (AvgIpc) is 2.89. The standard InChI is InChI=1S/C18H28N4O3S/c1-6-19-18(23)10-9-17-20-15-11-14(26(24,25)21-12(2)3)7-8-16(15)22(17)13(4)5/h7-8,11-13,21H,6,9-10H2,1-5H3,(H,19,23). The quantitative estimate of drug-likeness (QED) is 0.735. The van der Waals surface area contributed by atoms with Crippen LogP contribution in [-0.2, 0) is 21.2 Å². The van der Waals surface area contributed by atoms with E-state index < -0.39 is 10.0 Å². The molecule has 0 aliphatic carbocycles. The number of nitrogens with one attached hydrogen (secondary N) is 2. The zero-order valence-electron chi connectivity index (χ0n) is 16.0. The van der Waals surface area contributed by atoms with E-state index in [1.165, 1.54) is 0 Å². The van der Waals surface area contributed by atoms with Crippen molar-refractivity contribution in [1.29, 1.82) is 0 Å². The number of aromatic nitrogens is 2. The number of benzene rings is 1. The molecule has 1 amide bonds. The van der Waals surface area contributed by atoms with Crippen LogP contribution in [-0.4, -0.2) is 36.5 Å². The second kappa shape index (κ2) is 8.18. The van der Waals surface area contributed by atoms with Crippen molar-refractivity contribution in [1.82, 2.24) is 19.6 Å². The van der Waals surface area contributed by atoms with Gasteiger partial charge in [0.2, 0.25) is 15.9 Å². The molecule has 144 valence electrons. The fourth-order valence-electron chi connectivity index (χ4n) is 2.94. The van der Waals surface area contributed by atoms with Crippen LogP contribution in [0.25, 0.3) is 11.0 Å². The molecule has 2 N–H and O–H groups in total. The molecule has 26 heavy (non-hydrogen) atoms. The summed E-state index contributed by atoms with van der Waals surface area (Å²) in [6, 6.07) is 4.94. The molecule has 0 atom stereocenters. The minimum absolute atomic E-state index is 0.0146. The summed E-state index contributed by atoms with van der Waals surface area (Å²) in [6.07, 6.45) is 0.856. The van der Waals surface area contributed by atoms with Crippen LogP contribution in [0.4, 0.5) is 0 Å². The first kappa shape index (κ1) is 20.4. The molecule has 1 aromatic heterocycles. The second-order valence-electron chi connectivity index (χ2n) is 6.87. The number of sulfonamides is 1. The topological polar surface area (TPSA) is 93.1 Å². The van der Waals surface area contributed by atoms with Crippen molar-refractivity contribution >= 4 is 27.0 Å². The number of imidazole rings is 1. The molecule has 0 aliphatic heterocycles. The minimum atomic E-state index is -3.57. The van der Waals surface area contributed by atoms with Crippen LogP contribution >= 0.6 is 0 Å². The van der Waals surface area contributed by atoms with Crippen molar-refractivity contribution in [3.8, 4) is 0 Å². The number of fused-ring (bicyclic) bond motifs is 1. The summed E-state index contributed by atoms with van der Waals surface area (Å²) in [7, 11) is -3.57. The van der Waals surface area contributed by atoms with Gasteiger partial charge < -0.3 is 9.88 Å². The summed E-state index contributed by atoms with van der Waals surface area (Å²) in [4.78, 5) is 16.6. The Morgan fingerprint density at radius 1 is 1.23 bits per heavy atom. The van der Waals surface area contributed by atoms with Gasteiger partial charge in [-0.25, -0.2) is 18.1 Å². The molecule has 0 spiro atoms. The number of amides is 1. The van der Waals surface area contributed by atoms with Crippen molar-refractivity contribution in [2.24, 2.45) is 0 Å². The molecule has 1 aromatic carbocycles. The van der Waals surface area contributed by atoms with Crippen molar-refractivity contribution < 1.29 is 13.2 Å². The molecule has 0 aliphatic rings. The number of nitrogens with zero attached hydrogens (tertiary/aromatic N) is 2.